The molecule has 0 atom stereocenters. The van der Waals surface area contributed by atoms with Crippen LogP contribution in [0.15, 0.2) is 0 Å². The summed E-state index contributed by atoms with van der Waals surface area (Å²) in [5, 5.41) is 2.68. The van der Waals surface area contributed by atoms with Crippen LogP contribution in [0.2, 0.25) is 0 Å². The van der Waals surface area contributed by atoms with Crippen molar-refractivity contribution in [2.75, 3.05) is 45.1 Å². The largest absolute Gasteiger partial charge is 0.379 e. The highest BCUT2D eigenvalue weighted by Crippen LogP contribution is 1.99. The minimum atomic E-state index is -3.78. The lowest BCUT2D eigenvalue weighted by Gasteiger charge is -2.26. The van der Waals surface area contributed by atoms with E-state index in [0.717, 1.165) is 32.5 Å². The van der Waals surface area contributed by atoms with Gasteiger partial charge in [0.15, 0.2) is 0 Å². The van der Waals surface area contributed by atoms with Gasteiger partial charge in [-0.2, -0.15) is 8.42 Å². The molecule has 7 nitrogen and oxygen atoms in total. The lowest BCUT2D eigenvalue weighted by atomic mass is 10.4. The highest BCUT2D eigenvalue weighted by Gasteiger charge is 2.11. The summed E-state index contributed by atoms with van der Waals surface area (Å²) in [6, 6.07) is 0. The zero-order valence-corrected chi connectivity index (χ0v) is 11.8. The molecule has 2 aliphatic heterocycles. The van der Waals surface area contributed by atoms with Crippen LogP contribution in [0.3, 0.4) is 0 Å². The molecule has 0 aromatic carbocycles. The third-order valence-electron chi connectivity index (χ3n) is 2.88. The first-order chi connectivity index (χ1) is 8.97. The summed E-state index contributed by atoms with van der Waals surface area (Å²) in [5.41, 5.74) is 0. The van der Waals surface area contributed by atoms with Gasteiger partial charge < -0.3 is 10.1 Å². The summed E-state index contributed by atoms with van der Waals surface area (Å²) < 4.78 is 34.4. The molecule has 112 valence electrons. The number of ether oxygens (including phenoxy) is 1. The van der Waals surface area contributed by atoms with E-state index in [4.69, 9.17) is 9.29 Å². The Kier molecular flexibility index (Phi) is 7.29. The molecule has 0 spiro atoms. The minimum Gasteiger partial charge on any atom is -0.379 e. The van der Waals surface area contributed by atoms with Crippen molar-refractivity contribution < 1.29 is 22.5 Å². The van der Waals surface area contributed by atoms with Gasteiger partial charge in [-0.25, -0.2) is 0 Å². The fraction of sp³-hybridized carbons (Fsp3) is 0.909. The molecular formula is C11H22N2O5S. The summed E-state index contributed by atoms with van der Waals surface area (Å²) in [6.45, 7) is 4.73. The molecule has 0 aromatic rings. The number of morpholine rings is 1. The molecule has 0 unspecified atom stereocenters. The van der Waals surface area contributed by atoms with Gasteiger partial charge in [0.1, 0.15) is 0 Å². The molecule has 2 heterocycles. The molecule has 2 aliphatic rings. The lowest BCUT2D eigenvalue weighted by Crippen LogP contribution is -2.37. The minimum absolute atomic E-state index is 0.148. The third-order valence-corrected chi connectivity index (χ3v) is 3.69. The Balaban J connectivity index is 0.000000250. The maximum absolute atomic E-state index is 10.4. The van der Waals surface area contributed by atoms with Crippen molar-refractivity contribution in [1.82, 2.24) is 10.2 Å². The molecule has 0 aromatic heterocycles. The lowest BCUT2D eigenvalue weighted by molar-refractivity contribution is -0.119. The van der Waals surface area contributed by atoms with Crippen molar-refractivity contribution >= 4 is 16.0 Å². The Morgan fingerprint density at radius 2 is 2.00 bits per heavy atom. The second kappa shape index (κ2) is 8.47. The van der Waals surface area contributed by atoms with Gasteiger partial charge in [0.2, 0.25) is 5.91 Å². The molecule has 2 rings (SSSR count). The fourth-order valence-electron chi connectivity index (χ4n) is 1.86. The molecular weight excluding hydrogens is 272 g/mol. The first-order valence-electron chi connectivity index (χ1n) is 6.49. The number of amides is 1. The Bertz CT molecular complexity index is 357. The summed E-state index contributed by atoms with van der Waals surface area (Å²) in [5.74, 6) is 0.0552. The van der Waals surface area contributed by atoms with Crippen LogP contribution >= 0.6 is 0 Å². The van der Waals surface area contributed by atoms with Crippen molar-refractivity contribution in [2.24, 2.45) is 0 Å². The molecule has 0 bridgehead atoms. The first-order valence-corrected chi connectivity index (χ1v) is 8.10. The number of carbonyl (C=O) groups is 1. The van der Waals surface area contributed by atoms with Crippen molar-refractivity contribution in [3.05, 3.63) is 0 Å². The molecule has 8 heteroatoms. The topological polar surface area (TPSA) is 95.9 Å². The van der Waals surface area contributed by atoms with Crippen molar-refractivity contribution in [3.63, 3.8) is 0 Å². The number of nitrogens with one attached hydrogen (secondary N) is 1. The summed E-state index contributed by atoms with van der Waals surface area (Å²) >= 11 is 0. The van der Waals surface area contributed by atoms with Crippen molar-refractivity contribution in [1.29, 1.82) is 0 Å². The normalized spacial score (nSPS) is 20.6. The average molecular weight is 294 g/mol. The Hall–Kier alpha value is -0.700. The van der Waals surface area contributed by atoms with Crippen LogP contribution in [-0.2, 0) is 19.6 Å². The molecule has 2 saturated heterocycles. The zero-order chi connectivity index (χ0) is 14.1. The number of nitrogens with zero attached hydrogens (tertiary/aromatic N) is 1. The van der Waals surface area contributed by atoms with Crippen LogP contribution in [0.5, 0.6) is 0 Å². The molecule has 0 radical (unpaired) electrons. The van der Waals surface area contributed by atoms with Gasteiger partial charge in [-0.05, 0) is 19.4 Å². The van der Waals surface area contributed by atoms with E-state index in [1.54, 1.807) is 0 Å². The van der Waals surface area contributed by atoms with E-state index < -0.39 is 10.1 Å². The molecule has 1 amide bonds. The van der Waals surface area contributed by atoms with Gasteiger partial charge >= 0.3 is 0 Å². The van der Waals surface area contributed by atoms with Crippen LogP contribution in [-0.4, -0.2) is 68.9 Å². The van der Waals surface area contributed by atoms with E-state index >= 15 is 0 Å². The van der Waals surface area contributed by atoms with Crippen LogP contribution in [0.1, 0.15) is 19.3 Å². The average Bonchev–Trinajstić information content (AvgIpc) is 2.81. The van der Waals surface area contributed by atoms with E-state index in [1.807, 2.05) is 0 Å². The van der Waals surface area contributed by atoms with Crippen molar-refractivity contribution in [3.8, 4) is 0 Å². The molecule has 19 heavy (non-hydrogen) atoms. The van der Waals surface area contributed by atoms with Crippen LogP contribution in [0.4, 0.5) is 0 Å². The SMILES string of the molecule is O=C1CCCN1.O=S(=O)(O)CCCN1CCOCC1. The zero-order valence-electron chi connectivity index (χ0n) is 11.0. The van der Waals surface area contributed by atoms with E-state index in [9.17, 15) is 13.2 Å². The van der Waals surface area contributed by atoms with E-state index in [2.05, 4.69) is 10.2 Å². The predicted molar refractivity (Wildman–Crippen MR) is 70.5 cm³/mol. The Labute approximate surface area is 114 Å². The molecule has 2 fully saturated rings. The number of rotatable bonds is 4. The number of hydrogen-bond donors (Lipinski definition) is 2. The van der Waals surface area contributed by atoms with Gasteiger partial charge in [-0.3, -0.25) is 14.2 Å². The van der Waals surface area contributed by atoms with Crippen LogP contribution in [0, 0.1) is 0 Å². The van der Waals surface area contributed by atoms with Crippen LogP contribution in [0.25, 0.3) is 0 Å². The predicted octanol–water partition coefficient (Wildman–Crippen LogP) is -0.507. The fourth-order valence-corrected chi connectivity index (χ4v) is 2.35. The Morgan fingerprint density at radius 3 is 2.42 bits per heavy atom. The van der Waals surface area contributed by atoms with E-state index in [1.165, 1.54) is 0 Å². The highest BCUT2D eigenvalue weighted by atomic mass is 32.2. The standard InChI is InChI=1S/C7H15NO4S.C4H7NO/c9-13(10,11)7-1-2-8-3-5-12-6-4-8;6-4-2-1-3-5-4/h1-7H2,(H,9,10,11);1-3H2,(H,5,6). The second-order valence-corrected chi connectivity index (χ2v) is 6.12. The molecule has 2 N–H and O–H groups in total. The van der Waals surface area contributed by atoms with E-state index in [-0.39, 0.29) is 11.7 Å². The smallest absolute Gasteiger partial charge is 0.264 e. The number of hydrogen-bond acceptors (Lipinski definition) is 5. The van der Waals surface area contributed by atoms with Gasteiger partial charge in [-0.15, -0.1) is 0 Å². The maximum Gasteiger partial charge on any atom is 0.264 e. The molecule has 0 aliphatic carbocycles. The highest BCUT2D eigenvalue weighted by molar-refractivity contribution is 7.85. The van der Waals surface area contributed by atoms with Gasteiger partial charge in [0.25, 0.3) is 10.1 Å². The maximum atomic E-state index is 10.4. The summed E-state index contributed by atoms with van der Waals surface area (Å²) in [6.07, 6.45) is 2.25. The summed E-state index contributed by atoms with van der Waals surface area (Å²) in [4.78, 5) is 12.3. The monoisotopic (exact) mass is 294 g/mol. The number of carbonyl (C=O) groups excluding carboxylic acids is 1. The van der Waals surface area contributed by atoms with Gasteiger partial charge in [0.05, 0.1) is 19.0 Å². The third kappa shape index (κ3) is 8.93. The van der Waals surface area contributed by atoms with Gasteiger partial charge in [-0.1, -0.05) is 0 Å². The van der Waals surface area contributed by atoms with Crippen LogP contribution < -0.4 is 5.32 Å². The summed E-state index contributed by atoms with van der Waals surface area (Å²) in [7, 11) is -3.78. The quantitative estimate of drug-likeness (QED) is 0.678. The molecule has 0 saturated carbocycles. The first kappa shape index (κ1) is 16.4. The Morgan fingerprint density at radius 1 is 1.32 bits per heavy atom. The van der Waals surface area contributed by atoms with Gasteiger partial charge in [0, 0.05) is 26.1 Å². The van der Waals surface area contributed by atoms with Crippen molar-refractivity contribution in [2.45, 2.75) is 19.3 Å². The van der Waals surface area contributed by atoms with E-state index in [0.29, 0.717) is 26.2 Å². The second-order valence-electron chi connectivity index (χ2n) is 4.55.